The summed E-state index contributed by atoms with van der Waals surface area (Å²) < 4.78 is 41.3. The van der Waals surface area contributed by atoms with E-state index in [-0.39, 0.29) is 23.2 Å². The number of furan rings is 1. The molecule has 1 unspecified atom stereocenters. The topological polar surface area (TPSA) is 93.5 Å². The number of aldehydes is 1. The minimum atomic E-state index is -3.76. The molecule has 0 aromatic carbocycles. The predicted octanol–water partition coefficient (Wildman–Crippen LogP) is 0.139. The van der Waals surface area contributed by atoms with E-state index in [2.05, 4.69) is 4.72 Å². The van der Waals surface area contributed by atoms with Crippen LogP contribution in [0.1, 0.15) is 17.5 Å². The van der Waals surface area contributed by atoms with Crippen molar-refractivity contribution in [2.24, 2.45) is 0 Å². The third kappa shape index (κ3) is 4.06. The van der Waals surface area contributed by atoms with Gasteiger partial charge in [0.05, 0.1) is 0 Å². The van der Waals surface area contributed by atoms with Gasteiger partial charge in [0.2, 0.25) is 5.09 Å². The molecule has 8 heteroatoms. The fourth-order valence-corrected chi connectivity index (χ4v) is 2.76. The molecule has 0 spiro atoms. The molecule has 0 amide bonds. The van der Waals surface area contributed by atoms with Crippen LogP contribution in [0, 0.1) is 0 Å². The highest BCUT2D eigenvalue weighted by Gasteiger charge is 2.18. The van der Waals surface area contributed by atoms with Crippen molar-refractivity contribution in [3.8, 4) is 0 Å². The lowest BCUT2D eigenvalue weighted by Crippen LogP contribution is -2.27. The fraction of sp³-hybridized carbons (Fsp3) is 0.444. The lowest BCUT2D eigenvalue weighted by molar-refractivity contribution is 0.109. The number of hydrogen-bond acceptors (Lipinski definition) is 5. The number of carbonyl (C=O) groups is 1. The van der Waals surface area contributed by atoms with Gasteiger partial charge in [0, 0.05) is 28.9 Å². The molecular weight excluding hydrogens is 266 g/mol. The van der Waals surface area contributed by atoms with E-state index < -0.39 is 20.8 Å². The Morgan fingerprint density at radius 1 is 1.47 bits per heavy atom. The summed E-state index contributed by atoms with van der Waals surface area (Å²) in [4.78, 5) is 10.3. The van der Waals surface area contributed by atoms with Crippen molar-refractivity contribution >= 4 is 27.1 Å². The van der Waals surface area contributed by atoms with Crippen LogP contribution in [0.4, 0.5) is 0 Å². The van der Waals surface area contributed by atoms with E-state index in [0.717, 1.165) is 0 Å². The first kappa shape index (κ1) is 14.1. The van der Waals surface area contributed by atoms with E-state index in [1.54, 1.807) is 6.92 Å². The highest BCUT2D eigenvalue weighted by atomic mass is 32.2. The second-order valence-electron chi connectivity index (χ2n) is 3.11. The summed E-state index contributed by atoms with van der Waals surface area (Å²) in [6.07, 6.45) is 0.422. The highest BCUT2D eigenvalue weighted by Crippen LogP contribution is 2.11. The molecule has 0 radical (unpaired) electrons. The molecule has 96 valence electrons. The van der Waals surface area contributed by atoms with E-state index in [1.807, 2.05) is 0 Å². The molecule has 0 saturated heterocycles. The second-order valence-corrected chi connectivity index (χ2v) is 6.67. The molecule has 0 aliphatic heterocycles. The summed E-state index contributed by atoms with van der Waals surface area (Å²) in [6, 6.07) is 2.47. The summed E-state index contributed by atoms with van der Waals surface area (Å²) in [5, 5.41) is -0.318. The van der Waals surface area contributed by atoms with Crippen LogP contribution in [0.15, 0.2) is 21.6 Å². The standard InChI is InChI=1S/C9H13NO5S2/c1-2-16(12)6-5-10-17(13,14)9-4-3-8(7-11)15-9/h3-4,7,10H,2,5-6H2,1H3. The largest absolute Gasteiger partial charge is 0.440 e. The van der Waals surface area contributed by atoms with E-state index in [4.69, 9.17) is 4.42 Å². The zero-order valence-corrected chi connectivity index (χ0v) is 10.8. The molecule has 1 N–H and O–H groups in total. The van der Waals surface area contributed by atoms with Crippen LogP contribution in [0.5, 0.6) is 0 Å². The number of hydrogen-bond donors (Lipinski definition) is 1. The summed E-state index contributed by atoms with van der Waals surface area (Å²) in [5.41, 5.74) is 0. The summed E-state index contributed by atoms with van der Waals surface area (Å²) in [7, 11) is -4.79. The fourth-order valence-electron chi connectivity index (χ4n) is 1.05. The van der Waals surface area contributed by atoms with Gasteiger partial charge >= 0.3 is 0 Å². The molecule has 1 rings (SSSR count). The molecule has 0 bridgehead atoms. The molecule has 1 aromatic rings. The van der Waals surface area contributed by atoms with Gasteiger partial charge in [-0.1, -0.05) is 6.92 Å². The van der Waals surface area contributed by atoms with Crippen molar-refractivity contribution in [3.05, 3.63) is 17.9 Å². The first-order chi connectivity index (χ1) is 7.99. The molecule has 1 aromatic heterocycles. The minimum absolute atomic E-state index is 0.0532. The Morgan fingerprint density at radius 2 is 2.18 bits per heavy atom. The zero-order valence-electron chi connectivity index (χ0n) is 9.21. The van der Waals surface area contributed by atoms with Crippen LogP contribution < -0.4 is 4.72 Å². The van der Waals surface area contributed by atoms with Gasteiger partial charge < -0.3 is 4.42 Å². The van der Waals surface area contributed by atoms with Gasteiger partial charge in [0.25, 0.3) is 10.0 Å². The molecule has 17 heavy (non-hydrogen) atoms. The number of nitrogens with one attached hydrogen (secondary N) is 1. The van der Waals surface area contributed by atoms with E-state index in [1.165, 1.54) is 12.1 Å². The van der Waals surface area contributed by atoms with E-state index in [9.17, 15) is 17.4 Å². The van der Waals surface area contributed by atoms with E-state index in [0.29, 0.717) is 12.0 Å². The maximum atomic E-state index is 11.6. The maximum Gasteiger partial charge on any atom is 0.274 e. The van der Waals surface area contributed by atoms with Gasteiger partial charge in [-0.15, -0.1) is 0 Å². The van der Waals surface area contributed by atoms with Crippen molar-refractivity contribution in [1.29, 1.82) is 0 Å². The molecule has 0 fully saturated rings. The molecule has 0 aliphatic carbocycles. The monoisotopic (exact) mass is 279 g/mol. The van der Waals surface area contributed by atoms with Crippen molar-refractivity contribution in [3.63, 3.8) is 0 Å². The Balaban J connectivity index is 2.62. The first-order valence-electron chi connectivity index (χ1n) is 4.89. The maximum absolute atomic E-state index is 11.6. The quantitative estimate of drug-likeness (QED) is 0.716. The van der Waals surface area contributed by atoms with Gasteiger partial charge in [0.15, 0.2) is 12.0 Å². The first-order valence-corrected chi connectivity index (χ1v) is 7.86. The zero-order chi connectivity index (χ0) is 12.9. The Labute approximate surface area is 102 Å². The van der Waals surface area contributed by atoms with Gasteiger partial charge in [-0.25, -0.2) is 13.1 Å². The number of sulfonamides is 1. The summed E-state index contributed by atoms with van der Waals surface area (Å²) in [5.74, 6) is 0.678. The Hall–Kier alpha value is -0.990. The number of rotatable bonds is 7. The average molecular weight is 279 g/mol. The van der Waals surface area contributed by atoms with Crippen molar-refractivity contribution in [2.75, 3.05) is 18.1 Å². The van der Waals surface area contributed by atoms with Crippen molar-refractivity contribution in [2.45, 2.75) is 12.0 Å². The third-order valence-corrected chi connectivity index (χ3v) is 4.56. The SMILES string of the molecule is CCS(=O)CCNS(=O)(=O)c1ccc(C=O)o1. The number of carbonyl (C=O) groups excluding carboxylic acids is 1. The van der Waals surface area contributed by atoms with Crippen LogP contribution in [-0.2, 0) is 20.8 Å². The normalized spacial score (nSPS) is 13.5. The lowest BCUT2D eigenvalue weighted by Gasteiger charge is -2.03. The molecule has 0 saturated carbocycles. The molecule has 0 aliphatic rings. The van der Waals surface area contributed by atoms with Crippen LogP contribution in [0.3, 0.4) is 0 Å². The van der Waals surface area contributed by atoms with Gasteiger partial charge in [-0.05, 0) is 12.1 Å². The minimum Gasteiger partial charge on any atom is -0.440 e. The van der Waals surface area contributed by atoms with Gasteiger partial charge in [0.1, 0.15) is 0 Å². The molecule has 1 atom stereocenters. The molecule has 6 nitrogen and oxygen atoms in total. The highest BCUT2D eigenvalue weighted by molar-refractivity contribution is 7.89. The Kier molecular flexibility index (Phi) is 5.03. The van der Waals surface area contributed by atoms with Crippen LogP contribution >= 0.6 is 0 Å². The second kappa shape index (κ2) is 6.08. The Bertz CT molecular complexity index is 505. The van der Waals surface area contributed by atoms with Crippen molar-refractivity contribution < 1.29 is 21.8 Å². The summed E-state index contributed by atoms with van der Waals surface area (Å²) in [6.45, 7) is 1.83. The van der Waals surface area contributed by atoms with Gasteiger partial charge in [-0.3, -0.25) is 9.00 Å². The smallest absolute Gasteiger partial charge is 0.274 e. The van der Waals surface area contributed by atoms with Crippen LogP contribution in [0.25, 0.3) is 0 Å². The van der Waals surface area contributed by atoms with Gasteiger partial charge in [-0.2, -0.15) is 0 Å². The lowest BCUT2D eigenvalue weighted by atomic mass is 10.5. The molecule has 1 heterocycles. The summed E-state index contributed by atoms with van der Waals surface area (Å²) >= 11 is 0. The predicted molar refractivity (Wildman–Crippen MR) is 62.8 cm³/mol. The van der Waals surface area contributed by atoms with Crippen LogP contribution in [0.2, 0.25) is 0 Å². The third-order valence-electron chi connectivity index (χ3n) is 1.93. The Morgan fingerprint density at radius 3 is 2.71 bits per heavy atom. The molecular formula is C9H13NO5S2. The van der Waals surface area contributed by atoms with E-state index >= 15 is 0 Å². The van der Waals surface area contributed by atoms with Crippen molar-refractivity contribution in [1.82, 2.24) is 4.72 Å². The average Bonchev–Trinajstić information content (AvgIpc) is 2.77. The van der Waals surface area contributed by atoms with Crippen LogP contribution in [-0.4, -0.2) is 37.0 Å².